The summed E-state index contributed by atoms with van der Waals surface area (Å²) in [6, 6.07) is 44.6. The van der Waals surface area contributed by atoms with E-state index in [1.54, 1.807) is 0 Å². The second kappa shape index (κ2) is 11.0. The molecule has 0 saturated heterocycles. The van der Waals surface area contributed by atoms with Gasteiger partial charge in [-0.1, -0.05) is 127 Å². The molecule has 1 aliphatic carbocycles. The monoisotopic (exact) mass is 730 g/mol. The molecular weight excluding hydrogens is 683 g/mol. The minimum atomic E-state index is 0.0137. The molecule has 0 unspecified atom stereocenters. The summed E-state index contributed by atoms with van der Waals surface area (Å²) in [4.78, 5) is 2.69. The third kappa shape index (κ3) is 4.55. The average molecular weight is 731 g/mol. The van der Waals surface area contributed by atoms with E-state index in [1.807, 2.05) is 11.3 Å². The van der Waals surface area contributed by atoms with Gasteiger partial charge in [-0.2, -0.15) is 0 Å². The number of para-hydroxylation sites is 2. The van der Waals surface area contributed by atoms with Crippen LogP contribution in [-0.2, 0) is 16.2 Å². The van der Waals surface area contributed by atoms with Gasteiger partial charge in [0.25, 0.3) is 0 Å². The first kappa shape index (κ1) is 33.3. The van der Waals surface area contributed by atoms with Gasteiger partial charge in [0.15, 0.2) is 0 Å². The lowest BCUT2D eigenvalue weighted by Gasteiger charge is -2.42. The molecule has 0 bridgehead atoms. The van der Waals surface area contributed by atoms with E-state index in [-0.39, 0.29) is 23.1 Å². The zero-order valence-electron chi connectivity index (χ0n) is 33.3. The summed E-state index contributed by atoms with van der Waals surface area (Å²) in [5.41, 5.74) is 19.1. The fraction of sp³-hybridized carbons (Fsp3) is 0.255. The topological polar surface area (TPSA) is 8.17 Å². The quantitative estimate of drug-likeness (QED) is 0.161. The molecule has 0 fully saturated rings. The van der Waals surface area contributed by atoms with Crippen LogP contribution in [0, 0.1) is 6.92 Å². The molecule has 11 rings (SSSR count). The maximum Gasteiger partial charge on any atom is 0.343 e. The molecule has 0 amide bonds. The van der Waals surface area contributed by atoms with E-state index in [1.165, 1.54) is 117 Å². The molecule has 4 heterocycles. The summed E-state index contributed by atoms with van der Waals surface area (Å²) in [6.07, 6.45) is 2.40. The minimum absolute atomic E-state index is 0.0137. The van der Waals surface area contributed by atoms with Gasteiger partial charge in [0, 0.05) is 53.5 Å². The van der Waals surface area contributed by atoms with Crippen LogP contribution in [0.2, 0.25) is 0 Å². The first-order chi connectivity index (χ1) is 26.3. The SMILES string of the molecule is Cc1cc2c3c(c1)N(c1ccc(C(C)(C)C)cc1-c1ccccc1)c1c(sc4cc5c(cc14)C(C)(C)CCC5(C)C)B3n1c3ccccc3c3cccc-2c31. The fourth-order valence-electron chi connectivity index (χ4n) is 10.4. The molecule has 2 aliphatic heterocycles. The Morgan fingerprint density at radius 2 is 1.35 bits per heavy atom. The Kier molecular flexibility index (Phi) is 6.68. The maximum atomic E-state index is 2.71. The van der Waals surface area contributed by atoms with E-state index in [9.17, 15) is 0 Å². The molecule has 0 spiro atoms. The smallest absolute Gasteiger partial charge is 0.343 e. The number of anilines is 3. The molecule has 6 aromatic carbocycles. The first-order valence-corrected chi connectivity index (χ1v) is 20.9. The van der Waals surface area contributed by atoms with Crippen LogP contribution in [0.4, 0.5) is 17.1 Å². The van der Waals surface area contributed by atoms with Crippen LogP contribution in [0.15, 0.2) is 115 Å². The van der Waals surface area contributed by atoms with Gasteiger partial charge in [-0.3, -0.25) is 0 Å². The summed E-state index contributed by atoms with van der Waals surface area (Å²) in [7, 11) is 0. The number of hydrogen-bond acceptors (Lipinski definition) is 2. The summed E-state index contributed by atoms with van der Waals surface area (Å²) in [5, 5.41) is 4.05. The largest absolute Gasteiger partial charge is 0.375 e. The number of benzene rings is 6. The summed E-state index contributed by atoms with van der Waals surface area (Å²) in [5.74, 6) is 0. The number of fused-ring (bicyclic) bond motifs is 10. The molecule has 270 valence electrons. The molecule has 0 N–H and O–H groups in total. The van der Waals surface area contributed by atoms with E-state index in [0.29, 0.717) is 0 Å². The van der Waals surface area contributed by atoms with Crippen LogP contribution in [0.1, 0.15) is 83.6 Å². The van der Waals surface area contributed by atoms with Crippen LogP contribution < -0.4 is 15.1 Å². The van der Waals surface area contributed by atoms with Gasteiger partial charge in [0.1, 0.15) is 0 Å². The number of aryl methyl sites for hydroxylation is 1. The Bertz CT molecular complexity index is 2930. The molecule has 2 nitrogen and oxygen atoms in total. The molecule has 4 heteroatoms. The third-order valence-electron chi connectivity index (χ3n) is 13.4. The lowest BCUT2D eigenvalue weighted by Crippen LogP contribution is -2.55. The van der Waals surface area contributed by atoms with E-state index in [0.717, 1.165) is 0 Å². The summed E-state index contributed by atoms with van der Waals surface area (Å²) >= 11 is 2.03. The second-order valence-corrected chi connectivity index (χ2v) is 20.0. The summed E-state index contributed by atoms with van der Waals surface area (Å²) < 4.78 is 5.53. The molecule has 3 aliphatic rings. The Balaban J connectivity index is 1.32. The van der Waals surface area contributed by atoms with Crippen molar-refractivity contribution in [3.63, 3.8) is 0 Å². The van der Waals surface area contributed by atoms with Gasteiger partial charge in [0.05, 0.1) is 11.4 Å². The Morgan fingerprint density at radius 1 is 0.636 bits per heavy atom. The Morgan fingerprint density at radius 3 is 2.11 bits per heavy atom. The fourth-order valence-corrected chi connectivity index (χ4v) is 11.7. The number of nitrogens with zero attached hydrogens (tertiary/aromatic N) is 2. The first-order valence-electron chi connectivity index (χ1n) is 20.1. The van der Waals surface area contributed by atoms with E-state index >= 15 is 0 Å². The highest BCUT2D eigenvalue weighted by molar-refractivity contribution is 7.32. The highest BCUT2D eigenvalue weighted by Crippen LogP contribution is 2.54. The molecule has 0 atom stereocenters. The maximum absolute atomic E-state index is 2.71. The van der Waals surface area contributed by atoms with Gasteiger partial charge >= 0.3 is 6.85 Å². The lowest BCUT2D eigenvalue weighted by molar-refractivity contribution is 0.332. The predicted octanol–water partition coefficient (Wildman–Crippen LogP) is 13.0. The average Bonchev–Trinajstić information content (AvgIpc) is 3.71. The van der Waals surface area contributed by atoms with Crippen molar-refractivity contribution in [2.45, 2.75) is 84.5 Å². The zero-order valence-corrected chi connectivity index (χ0v) is 34.1. The lowest BCUT2D eigenvalue weighted by atomic mass is 9.48. The molecule has 0 radical (unpaired) electrons. The van der Waals surface area contributed by atoms with Crippen molar-refractivity contribution in [2.75, 3.05) is 4.90 Å². The number of aromatic nitrogens is 1. The predicted molar refractivity (Wildman–Crippen MR) is 240 cm³/mol. The number of rotatable bonds is 2. The van der Waals surface area contributed by atoms with Crippen molar-refractivity contribution in [3.05, 3.63) is 138 Å². The number of thiophene rings is 1. The van der Waals surface area contributed by atoms with Crippen molar-refractivity contribution in [3.8, 4) is 22.3 Å². The standard InChI is InChI=1S/C51H47BN2S/c1-30-25-37-35-19-14-18-34-33-17-12-13-20-42(33)54(46(34)35)52-45(37)43(26-30)53(41-22-21-32(49(2,3)4)27-36(41)31-15-10-9-11-16-31)47-38-28-39-40(29-44(38)55-48(47)52)51(7,8)24-23-50(39,5)6/h9-22,25-29H,23-24H2,1-8H3. The highest BCUT2D eigenvalue weighted by Gasteiger charge is 2.46. The molecule has 8 aromatic rings. The van der Waals surface area contributed by atoms with Crippen molar-refractivity contribution in [1.29, 1.82) is 0 Å². The minimum Gasteiger partial charge on any atom is -0.375 e. The third-order valence-corrected chi connectivity index (χ3v) is 14.6. The van der Waals surface area contributed by atoms with E-state index in [4.69, 9.17) is 0 Å². The van der Waals surface area contributed by atoms with Gasteiger partial charge < -0.3 is 9.38 Å². The van der Waals surface area contributed by atoms with Crippen molar-refractivity contribution < 1.29 is 0 Å². The van der Waals surface area contributed by atoms with Gasteiger partial charge in [-0.15, -0.1) is 11.3 Å². The van der Waals surface area contributed by atoms with Gasteiger partial charge in [0.2, 0.25) is 0 Å². The van der Waals surface area contributed by atoms with Crippen LogP contribution >= 0.6 is 11.3 Å². The van der Waals surface area contributed by atoms with Crippen LogP contribution in [0.3, 0.4) is 0 Å². The van der Waals surface area contributed by atoms with Crippen LogP contribution in [0.5, 0.6) is 0 Å². The van der Waals surface area contributed by atoms with Crippen molar-refractivity contribution in [2.24, 2.45) is 0 Å². The zero-order chi connectivity index (χ0) is 37.8. The van der Waals surface area contributed by atoms with E-state index in [2.05, 4.69) is 180 Å². The van der Waals surface area contributed by atoms with Crippen LogP contribution in [0.25, 0.3) is 54.1 Å². The van der Waals surface area contributed by atoms with E-state index < -0.39 is 0 Å². The highest BCUT2D eigenvalue weighted by atomic mass is 32.1. The normalized spacial score (nSPS) is 16.4. The van der Waals surface area contributed by atoms with Gasteiger partial charge in [-0.05, 0) is 111 Å². The van der Waals surface area contributed by atoms with Crippen LogP contribution in [-0.4, -0.2) is 11.3 Å². The Hall–Kier alpha value is -5.06. The second-order valence-electron chi connectivity index (χ2n) is 18.9. The van der Waals surface area contributed by atoms with Crippen molar-refractivity contribution in [1.82, 2.24) is 4.48 Å². The Labute approximate surface area is 329 Å². The molecule has 55 heavy (non-hydrogen) atoms. The van der Waals surface area contributed by atoms with Gasteiger partial charge in [-0.25, -0.2) is 0 Å². The number of hydrogen-bond donors (Lipinski definition) is 0. The summed E-state index contributed by atoms with van der Waals surface area (Å²) in [6.45, 7) is 19.2. The molecule has 2 aromatic heterocycles. The molecular formula is C51H47BN2S. The van der Waals surface area contributed by atoms with Crippen molar-refractivity contribution >= 4 is 77.4 Å². The molecule has 0 saturated carbocycles.